The van der Waals surface area contributed by atoms with E-state index in [1.807, 2.05) is 44.4 Å². The minimum atomic E-state index is -0.608. The molecule has 5 N–H and O–H groups in total. The van der Waals surface area contributed by atoms with Crippen LogP contribution in [-0.2, 0) is 21.7 Å². The molecule has 2 fully saturated rings. The molecule has 8 nitrogen and oxygen atoms in total. The monoisotopic (exact) mass is 700 g/mol. The Balaban J connectivity index is 0.000000256. The van der Waals surface area contributed by atoms with Gasteiger partial charge < -0.3 is 21.7 Å². The molecule has 266 valence electrons. The van der Waals surface area contributed by atoms with Crippen LogP contribution in [0.2, 0.25) is 5.02 Å². The first-order valence-electron chi connectivity index (χ1n) is 16.8. The van der Waals surface area contributed by atoms with Crippen molar-refractivity contribution in [1.29, 1.82) is 0 Å². The van der Waals surface area contributed by atoms with E-state index < -0.39 is 5.91 Å². The predicted molar refractivity (Wildman–Crippen MR) is 205 cm³/mol. The van der Waals surface area contributed by atoms with E-state index in [0.29, 0.717) is 29.8 Å². The number of nitrogens with one attached hydrogen (secondary N) is 3. The number of hydrogen-bond donors (Lipinski definition) is 4. The fourth-order valence-electron chi connectivity index (χ4n) is 4.28. The molecule has 1 amide bonds. The SMILES string of the molecule is C=Cc1ccccc1CNC(=O)C=O.CCCC.CNC1(c2cc(F)cc(/C(C=NC3CC3)=C/N)c2)CC1.CNCC#Cc1ncccc1Cl. The molecule has 2 aromatic carbocycles. The largest absolute Gasteiger partial charge is 0.404 e. The number of allylic oxidation sites excluding steroid dienone is 1. The fourth-order valence-corrected chi connectivity index (χ4v) is 4.44. The average Bonchev–Trinajstić information content (AvgIpc) is 4.09. The first kappa shape index (κ1) is 41.6. The normalized spacial score (nSPS) is 13.8. The Labute approximate surface area is 301 Å². The zero-order chi connectivity index (χ0) is 36.8. The molecule has 0 unspecified atom stereocenters. The van der Waals surface area contributed by atoms with Crippen LogP contribution in [0.15, 0.2) is 78.6 Å². The van der Waals surface area contributed by atoms with Gasteiger partial charge >= 0.3 is 0 Å². The number of carbonyl (C=O) groups excluding carboxylic acids is 2. The zero-order valence-corrected chi connectivity index (χ0v) is 30.3. The standard InChI is InChI=1S/C16H20FN3.C11H11NO2.C9H9ClN2.C4H10/c1-19-16(4-5-16)13-6-11(7-14(17)8-13)12(9-18)10-20-15-2-3-15;1-2-9-5-3-4-6-10(9)7-12-11(14)8-13;1-11-6-3-5-9-8(10)4-2-7-12-9;1-3-4-2/h6-10,15,19H,2-5,18H2,1H3;2-6,8H,1,7H2,(H,12,14);2,4,7,11H,6H2,1H3;3-4H2,1-2H3/b12-9+,20-10?;;;. The molecule has 2 saturated carbocycles. The molecule has 1 heterocycles. The lowest BCUT2D eigenvalue weighted by Crippen LogP contribution is -2.24. The molecule has 0 atom stereocenters. The van der Waals surface area contributed by atoms with Gasteiger partial charge in [-0.3, -0.25) is 14.6 Å². The Bertz CT molecular complexity index is 1650. The summed E-state index contributed by atoms with van der Waals surface area (Å²) in [5, 5.41) is 9.27. The number of nitrogens with zero attached hydrogens (tertiary/aromatic N) is 2. The van der Waals surface area contributed by atoms with Crippen molar-refractivity contribution in [3.63, 3.8) is 0 Å². The number of carbonyl (C=O) groups is 2. The predicted octanol–water partition coefficient (Wildman–Crippen LogP) is 6.82. The summed E-state index contributed by atoms with van der Waals surface area (Å²) < 4.78 is 13.9. The van der Waals surface area contributed by atoms with Crippen LogP contribution in [-0.4, -0.2) is 50.1 Å². The van der Waals surface area contributed by atoms with Crippen LogP contribution < -0.4 is 21.7 Å². The highest BCUT2D eigenvalue weighted by atomic mass is 35.5. The lowest BCUT2D eigenvalue weighted by Gasteiger charge is -2.16. The van der Waals surface area contributed by atoms with E-state index in [0.717, 1.165) is 53.5 Å². The van der Waals surface area contributed by atoms with Crippen molar-refractivity contribution in [3.05, 3.63) is 112 Å². The van der Waals surface area contributed by atoms with E-state index in [1.54, 1.807) is 36.7 Å². The smallest absolute Gasteiger partial charge is 0.284 e. The summed E-state index contributed by atoms with van der Waals surface area (Å²) in [6.07, 6.45) is 13.9. The van der Waals surface area contributed by atoms with E-state index >= 15 is 0 Å². The Morgan fingerprint density at radius 1 is 1.14 bits per heavy atom. The van der Waals surface area contributed by atoms with Gasteiger partial charge in [-0.25, -0.2) is 9.37 Å². The Morgan fingerprint density at radius 2 is 1.86 bits per heavy atom. The molecule has 0 bridgehead atoms. The minimum Gasteiger partial charge on any atom is -0.404 e. The van der Waals surface area contributed by atoms with E-state index in [1.165, 1.54) is 25.1 Å². The van der Waals surface area contributed by atoms with Crippen molar-refractivity contribution in [3.8, 4) is 11.8 Å². The second kappa shape index (κ2) is 22.9. The molecule has 1 aromatic heterocycles. The molecular weight excluding hydrogens is 651 g/mol. The third-order valence-electron chi connectivity index (χ3n) is 7.73. The van der Waals surface area contributed by atoms with Crippen LogP contribution in [0.25, 0.3) is 11.6 Å². The van der Waals surface area contributed by atoms with Gasteiger partial charge in [-0.05, 0) is 98.3 Å². The lowest BCUT2D eigenvalue weighted by atomic mass is 9.98. The second-order valence-electron chi connectivity index (χ2n) is 11.6. The number of nitrogens with two attached hydrogens (primary N) is 1. The van der Waals surface area contributed by atoms with Crippen molar-refractivity contribution in [2.75, 3.05) is 20.6 Å². The van der Waals surface area contributed by atoms with Gasteiger partial charge in [-0.1, -0.05) is 81.1 Å². The van der Waals surface area contributed by atoms with Crippen molar-refractivity contribution in [2.24, 2.45) is 10.7 Å². The fraction of sp³-hybridized carbons (Fsp3) is 0.350. The molecule has 50 heavy (non-hydrogen) atoms. The molecular formula is C40H50ClFN6O2. The quantitative estimate of drug-likeness (QED) is 0.0754. The Hall–Kier alpha value is -4.62. The Morgan fingerprint density at radius 3 is 2.42 bits per heavy atom. The first-order valence-corrected chi connectivity index (χ1v) is 17.2. The average molecular weight is 701 g/mol. The van der Waals surface area contributed by atoms with Gasteiger partial charge in [0.05, 0.1) is 17.6 Å². The highest BCUT2D eigenvalue weighted by Gasteiger charge is 2.43. The third-order valence-corrected chi connectivity index (χ3v) is 8.03. The Kier molecular flexibility index (Phi) is 19.0. The maximum absolute atomic E-state index is 13.9. The summed E-state index contributed by atoms with van der Waals surface area (Å²) in [6, 6.07) is 16.7. The topological polar surface area (TPSA) is 122 Å². The maximum atomic E-state index is 13.9. The maximum Gasteiger partial charge on any atom is 0.284 e. The van der Waals surface area contributed by atoms with Gasteiger partial charge in [0, 0.05) is 36.3 Å². The van der Waals surface area contributed by atoms with Gasteiger partial charge in [-0.15, -0.1) is 0 Å². The number of amides is 1. The second-order valence-corrected chi connectivity index (χ2v) is 12.0. The number of pyridine rings is 1. The van der Waals surface area contributed by atoms with Gasteiger partial charge in [0.25, 0.3) is 5.91 Å². The summed E-state index contributed by atoms with van der Waals surface area (Å²) in [5.41, 5.74) is 10.7. The van der Waals surface area contributed by atoms with Crippen molar-refractivity contribution in [1.82, 2.24) is 20.9 Å². The van der Waals surface area contributed by atoms with Crippen LogP contribution in [0.5, 0.6) is 0 Å². The number of aromatic nitrogens is 1. The number of unbranched alkanes of at least 4 members (excludes halogenated alkanes) is 1. The van der Waals surface area contributed by atoms with Crippen molar-refractivity contribution < 1.29 is 14.0 Å². The number of aliphatic imine (C=N–C) groups is 1. The molecule has 3 aromatic rings. The molecule has 0 radical (unpaired) electrons. The lowest BCUT2D eigenvalue weighted by molar-refractivity contribution is -0.131. The molecule has 10 heteroatoms. The van der Waals surface area contributed by atoms with Gasteiger partial charge in [0.15, 0.2) is 0 Å². The summed E-state index contributed by atoms with van der Waals surface area (Å²) in [5.74, 6) is 4.91. The van der Waals surface area contributed by atoms with E-state index in [9.17, 15) is 14.0 Å². The van der Waals surface area contributed by atoms with E-state index in [2.05, 4.69) is 58.2 Å². The molecule has 0 aliphatic heterocycles. The van der Waals surface area contributed by atoms with Gasteiger partial charge in [0.2, 0.25) is 6.29 Å². The van der Waals surface area contributed by atoms with Crippen LogP contribution in [0.1, 0.15) is 80.3 Å². The summed E-state index contributed by atoms with van der Waals surface area (Å²) >= 11 is 5.82. The first-order chi connectivity index (χ1) is 24.2. The van der Waals surface area contributed by atoms with Gasteiger partial charge in [0.1, 0.15) is 11.5 Å². The van der Waals surface area contributed by atoms with Crippen molar-refractivity contribution >= 4 is 41.7 Å². The summed E-state index contributed by atoms with van der Waals surface area (Å²) in [4.78, 5) is 29.2. The highest BCUT2D eigenvalue weighted by Crippen LogP contribution is 2.45. The van der Waals surface area contributed by atoms with Gasteiger partial charge in [-0.2, -0.15) is 0 Å². The minimum absolute atomic E-state index is 0.0514. The summed E-state index contributed by atoms with van der Waals surface area (Å²) in [6.45, 7) is 9.01. The summed E-state index contributed by atoms with van der Waals surface area (Å²) in [7, 11) is 3.76. The number of hydrogen-bond acceptors (Lipinski definition) is 7. The van der Waals surface area contributed by atoms with Crippen LogP contribution >= 0.6 is 11.6 Å². The molecule has 0 saturated heterocycles. The van der Waals surface area contributed by atoms with E-state index in [-0.39, 0.29) is 17.6 Å². The van der Waals surface area contributed by atoms with Crippen LogP contribution in [0.3, 0.4) is 0 Å². The molecule has 2 aliphatic carbocycles. The number of aldehydes is 1. The van der Waals surface area contributed by atoms with Crippen LogP contribution in [0.4, 0.5) is 4.39 Å². The number of rotatable bonds is 11. The zero-order valence-electron chi connectivity index (χ0n) is 29.6. The molecule has 5 rings (SSSR count). The van der Waals surface area contributed by atoms with E-state index in [4.69, 9.17) is 17.3 Å². The number of benzene rings is 2. The molecule has 2 aliphatic rings. The molecule has 0 spiro atoms. The third kappa shape index (κ3) is 14.9. The van der Waals surface area contributed by atoms with Crippen LogP contribution in [0, 0.1) is 17.7 Å². The van der Waals surface area contributed by atoms with Crippen molar-refractivity contribution in [2.45, 2.75) is 70.5 Å². The highest BCUT2D eigenvalue weighted by molar-refractivity contribution is 6.31. The number of halogens is 2.